The van der Waals surface area contributed by atoms with Crippen LogP contribution in [0, 0.1) is 0 Å². The summed E-state index contributed by atoms with van der Waals surface area (Å²) in [7, 11) is 0. The maximum atomic E-state index is 12.1. The Morgan fingerprint density at radius 2 is 1.63 bits per heavy atom. The molecule has 1 aliphatic heterocycles. The van der Waals surface area contributed by atoms with Crippen molar-refractivity contribution < 1.29 is 4.79 Å². The summed E-state index contributed by atoms with van der Waals surface area (Å²) in [5.41, 5.74) is 2.34. The number of hydrogen-bond acceptors (Lipinski definition) is 2. The number of rotatable bonds is 2. The van der Waals surface area contributed by atoms with Crippen LogP contribution in [-0.2, 0) is 6.42 Å². The van der Waals surface area contributed by atoms with E-state index in [9.17, 15) is 4.79 Å². The minimum Gasteiger partial charge on any atom is -0.362 e. The Morgan fingerprint density at radius 3 is 2.42 bits per heavy atom. The molecule has 0 bridgehead atoms. The highest BCUT2D eigenvalue weighted by molar-refractivity contribution is 6.02. The quantitative estimate of drug-likeness (QED) is 0.863. The molecule has 1 unspecified atom stereocenters. The monoisotopic (exact) mass is 252 g/mol. The molecule has 1 amide bonds. The van der Waals surface area contributed by atoms with Gasteiger partial charge in [-0.3, -0.25) is 4.79 Å². The average Bonchev–Trinajstić information content (AvgIpc) is 2.39. The van der Waals surface area contributed by atoms with E-state index >= 15 is 0 Å². The fourth-order valence-corrected chi connectivity index (χ4v) is 2.53. The summed E-state index contributed by atoms with van der Waals surface area (Å²) in [6.07, 6.45) is 0.744. The minimum atomic E-state index is -0.452. The second-order valence-electron chi connectivity index (χ2n) is 5.12. The van der Waals surface area contributed by atoms with Crippen LogP contribution in [0.4, 0.5) is 5.69 Å². The standard InChI is InChI=1S/C16H16N2O/c1-16(11-12-7-3-2-4-8-12)17-14-10-6-5-9-13(14)15(19)18-16/h2-10,17H,11H2,1H3,(H,18,19). The van der Waals surface area contributed by atoms with E-state index in [1.807, 2.05) is 49.4 Å². The van der Waals surface area contributed by atoms with E-state index in [0.717, 1.165) is 12.1 Å². The highest BCUT2D eigenvalue weighted by Crippen LogP contribution is 2.26. The molecule has 1 aliphatic rings. The van der Waals surface area contributed by atoms with Crippen LogP contribution in [0.3, 0.4) is 0 Å². The smallest absolute Gasteiger partial charge is 0.255 e. The van der Waals surface area contributed by atoms with Crippen molar-refractivity contribution in [3.63, 3.8) is 0 Å². The Bertz CT molecular complexity index is 609. The zero-order valence-corrected chi connectivity index (χ0v) is 10.8. The van der Waals surface area contributed by atoms with E-state index in [4.69, 9.17) is 0 Å². The number of fused-ring (bicyclic) bond motifs is 1. The third-order valence-corrected chi connectivity index (χ3v) is 3.37. The summed E-state index contributed by atoms with van der Waals surface area (Å²) in [5, 5.41) is 6.47. The summed E-state index contributed by atoms with van der Waals surface area (Å²) in [5.74, 6) is -0.0206. The van der Waals surface area contributed by atoms with Crippen molar-refractivity contribution in [2.45, 2.75) is 19.0 Å². The summed E-state index contributed by atoms with van der Waals surface area (Å²) >= 11 is 0. The van der Waals surface area contributed by atoms with E-state index in [2.05, 4.69) is 22.8 Å². The lowest BCUT2D eigenvalue weighted by Crippen LogP contribution is -2.56. The first kappa shape index (κ1) is 11.8. The van der Waals surface area contributed by atoms with Crippen molar-refractivity contribution in [1.82, 2.24) is 5.32 Å². The van der Waals surface area contributed by atoms with Crippen LogP contribution in [0.1, 0.15) is 22.8 Å². The highest BCUT2D eigenvalue weighted by Gasteiger charge is 2.32. The van der Waals surface area contributed by atoms with Gasteiger partial charge in [-0.2, -0.15) is 0 Å². The third-order valence-electron chi connectivity index (χ3n) is 3.37. The van der Waals surface area contributed by atoms with Gasteiger partial charge in [0.05, 0.1) is 5.56 Å². The first-order chi connectivity index (χ1) is 9.16. The van der Waals surface area contributed by atoms with Crippen LogP contribution in [0.25, 0.3) is 0 Å². The zero-order chi connectivity index (χ0) is 13.3. The number of amides is 1. The van der Waals surface area contributed by atoms with Gasteiger partial charge in [0.2, 0.25) is 0 Å². The zero-order valence-electron chi connectivity index (χ0n) is 10.8. The lowest BCUT2D eigenvalue weighted by atomic mass is 9.96. The Labute approximate surface area is 112 Å². The van der Waals surface area contributed by atoms with Crippen molar-refractivity contribution in [3.05, 3.63) is 65.7 Å². The number of para-hydroxylation sites is 1. The van der Waals surface area contributed by atoms with Gasteiger partial charge in [-0.15, -0.1) is 0 Å². The molecule has 1 heterocycles. The van der Waals surface area contributed by atoms with Crippen LogP contribution in [0.15, 0.2) is 54.6 Å². The number of carbonyl (C=O) groups excluding carboxylic acids is 1. The van der Waals surface area contributed by atoms with Crippen LogP contribution >= 0.6 is 0 Å². The molecule has 2 aromatic carbocycles. The first-order valence-corrected chi connectivity index (χ1v) is 6.40. The van der Waals surface area contributed by atoms with Gasteiger partial charge >= 0.3 is 0 Å². The fourth-order valence-electron chi connectivity index (χ4n) is 2.53. The van der Waals surface area contributed by atoms with E-state index in [1.165, 1.54) is 5.56 Å². The topological polar surface area (TPSA) is 41.1 Å². The van der Waals surface area contributed by atoms with E-state index < -0.39 is 5.66 Å². The minimum absolute atomic E-state index is 0.0206. The molecule has 3 heteroatoms. The Kier molecular flexibility index (Phi) is 2.75. The number of nitrogens with one attached hydrogen (secondary N) is 2. The summed E-state index contributed by atoms with van der Waals surface area (Å²) in [6.45, 7) is 2.01. The lowest BCUT2D eigenvalue weighted by Gasteiger charge is -2.37. The molecular formula is C16H16N2O. The summed E-state index contributed by atoms with van der Waals surface area (Å²) in [6, 6.07) is 17.7. The summed E-state index contributed by atoms with van der Waals surface area (Å²) < 4.78 is 0. The predicted octanol–water partition coefficient (Wildman–Crippen LogP) is 2.80. The van der Waals surface area contributed by atoms with Gasteiger partial charge in [-0.25, -0.2) is 0 Å². The number of carbonyl (C=O) groups is 1. The van der Waals surface area contributed by atoms with Crippen molar-refractivity contribution in [3.8, 4) is 0 Å². The molecule has 2 N–H and O–H groups in total. The highest BCUT2D eigenvalue weighted by atomic mass is 16.2. The SMILES string of the molecule is CC1(Cc2ccccc2)NC(=O)c2ccccc2N1. The molecule has 0 saturated carbocycles. The predicted molar refractivity (Wildman–Crippen MR) is 76.1 cm³/mol. The van der Waals surface area contributed by atoms with Crippen LogP contribution in [0.2, 0.25) is 0 Å². The molecule has 3 rings (SSSR count). The van der Waals surface area contributed by atoms with Crippen LogP contribution < -0.4 is 10.6 Å². The average molecular weight is 252 g/mol. The Hall–Kier alpha value is -2.29. The molecule has 96 valence electrons. The summed E-state index contributed by atoms with van der Waals surface area (Å²) in [4.78, 5) is 12.1. The third kappa shape index (κ3) is 2.32. The van der Waals surface area contributed by atoms with Gasteiger partial charge in [0.1, 0.15) is 5.66 Å². The molecule has 0 fully saturated rings. The maximum Gasteiger partial charge on any atom is 0.255 e. The van der Waals surface area contributed by atoms with E-state index in [0.29, 0.717) is 5.56 Å². The Balaban J connectivity index is 1.89. The maximum absolute atomic E-state index is 12.1. The van der Waals surface area contributed by atoms with Crippen LogP contribution in [0.5, 0.6) is 0 Å². The van der Waals surface area contributed by atoms with Gasteiger partial charge in [-0.1, -0.05) is 42.5 Å². The van der Waals surface area contributed by atoms with Crippen molar-refractivity contribution in [1.29, 1.82) is 0 Å². The first-order valence-electron chi connectivity index (χ1n) is 6.40. The second kappa shape index (κ2) is 4.43. The van der Waals surface area contributed by atoms with Gasteiger partial charge in [0, 0.05) is 12.1 Å². The number of hydrogen-bond donors (Lipinski definition) is 2. The van der Waals surface area contributed by atoms with Gasteiger partial charge < -0.3 is 10.6 Å². The van der Waals surface area contributed by atoms with Gasteiger partial charge in [0.25, 0.3) is 5.91 Å². The van der Waals surface area contributed by atoms with E-state index in [1.54, 1.807) is 0 Å². The lowest BCUT2D eigenvalue weighted by molar-refractivity contribution is 0.0907. The normalized spacial score (nSPS) is 21.2. The largest absolute Gasteiger partial charge is 0.362 e. The molecule has 3 nitrogen and oxygen atoms in total. The number of benzene rings is 2. The number of anilines is 1. The fraction of sp³-hybridized carbons (Fsp3) is 0.188. The van der Waals surface area contributed by atoms with E-state index in [-0.39, 0.29) is 5.91 Å². The molecule has 19 heavy (non-hydrogen) atoms. The molecular weight excluding hydrogens is 236 g/mol. The van der Waals surface area contributed by atoms with Gasteiger partial charge in [0.15, 0.2) is 0 Å². The molecule has 0 aromatic heterocycles. The Morgan fingerprint density at radius 1 is 0.947 bits per heavy atom. The second-order valence-corrected chi connectivity index (χ2v) is 5.12. The van der Waals surface area contributed by atoms with Gasteiger partial charge in [-0.05, 0) is 24.6 Å². The van der Waals surface area contributed by atoms with Crippen LogP contribution in [-0.4, -0.2) is 11.6 Å². The molecule has 0 aliphatic carbocycles. The molecule has 0 saturated heterocycles. The van der Waals surface area contributed by atoms with Crippen molar-refractivity contribution in [2.24, 2.45) is 0 Å². The molecule has 2 aromatic rings. The molecule has 0 radical (unpaired) electrons. The van der Waals surface area contributed by atoms with Crippen molar-refractivity contribution in [2.75, 3.05) is 5.32 Å². The molecule has 0 spiro atoms. The van der Waals surface area contributed by atoms with Crippen molar-refractivity contribution >= 4 is 11.6 Å². The molecule has 1 atom stereocenters.